The molecule has 4 atom stereocenters. The van der Waals surface area contributed by atoms with Crippen LogP contribution in [0.1, 0.15) is 19.3 Å². The lowest BCUT2D eigenvalue weighted by Gasteiger charge is -2.25. The third-order valence-electron chi connectivity index (χ3n) is 3.93. The molecular weight excluding hydrogens is 192 g/mol. The summed E-state index contributed by atoms with van der Waals surface area (Å²) in [6.07, 6.45) is 6.70. The zero-order valence-electron chi connectivity index (χ0n) is 8.56. The van der Waals surface area contributed by atoms with Gasteiger partial charge in [-0.25, -0.2) is 19.6 Å². The SMILES string of the molecule is O=C=NC[C@@H]1C[C@@H]2C[C@@H]1C[C@H]2CN=C=O. The number of aliphatic imine (C=N–C) groups is 2. The van der Waals surface area contributed by atoms with Gasteiger partial charge in [-0.1, -0.05) is 0 Å². The van der Waals surface area contributed by atoms with E-state index in [9.17, 15) is 9.59 Å². The van der Waals surface area contributed by atoms with Crippen molar-refractivity contribution in [2.24, 2.45) is 33.7 Å². The van der Waals surface area contributed by atoms with Gasteiger partial charge in [-0.05, 0) is 42.9 Å². The third-order valence-corrected chi connectivity index (χ3v) is 3.93. The number of hydrogen-bond donors (Lipinski definition) is 0. The normalized spacial score (nSPS) is 37.1. The van der Waals surface area contributed by atoms with Gasteiger partial charge in [-0.2, -0.15) is 0 Å². The van der Waals surface area contributed by atoms with E-state index in [1.165, 1.54) is 6.42 Å². The summed E-state index contributed by atoms with van der Waals surface area (Å²) in [6.45, 7) is 1.27. The molecule has 0 aromatic carbocycles. The van der Waals surface area contributed by atoms with Gasteiger partial charge >= 0.3 is 0 Å². The number of rotatable bonds is 4. The van der Waals surface area contributed by atoms with E-state index in [1.54, 1.807) is 12.2 Å². The van der Waals surface area contributed by atoms with E-state index in [-0.39, 0.29) is 0 Å². The molecule has 80 valence electrons. The topological polar surface area (TPSA) is 58.9 Å². The van der Waals surface area contributed by atoms with Gasteiger partial charge in [-0.15, -0.1) is 0 Å². The fraction of sp³-hybridized carbons (Fsp3) is 0.818. The molecule has 2 bridgehead atoms. The Morgan fingerprint density at radius 2 is 1.33 bits per heavy atom. The fourth-order valence-electron chi connectivity index (χ4n) is 3.27. The number of fused-ring (bicyclic) bond motifs is 2. The largest absolute Gasteiger partial charge is 0.234 e. The van der Waals surface area contributed by atoms with Crippen LogP contribution in [0.25, 0.3) is 0 Å². The van der Waals surface area contributed by atoms with Crippen molar-refractivity contribution in [3.8, 4) is 0 Å². The van der Waals surface area contributed by atoms with Gasteiger partial charge in [0, 0.05) is 0 Å². The van der Waals surface area contributed by atoms with E-state index in [0.29, 0.717) is 36.8 Å². The molecule has 0 aliphatic heterocycles. The van der Waals surface area contributed by atoms with E-state index in [1.807, 2.05) is 0 Å². The predicted octanol–water partition coefficient (Wildman–Crippen LogP) is 1.32. The predicted molar refractivity (Wildman–Crippen MR) is 53.8 cm³/mol. The molecule has 2 saturated carbocycles. The zero-order valence-corrected chi connectivity index (χ0v) is 8.56. The van der Waals surface area contributed by atoms with Crippen LogP contribution in [-0.4, -0.2) is 25.2 Å². The highest BCUT2D eigenvalue weighted by Gasteiger charge is 2.45. The lowest BCUT2D eigenvalue weighted by molar-refractivity contribution is 0.267. The molecule has 0 saturated heterocycles. The van der Waals surface area contributed by atoms with Crippen molar-refractivity contribution in [3.63, 3.8) is 0 Å². The van der Waals surface area contributed by atoms with Crippen molar-refractivity contribution in [2.75, 3.05) is 13.1 Å². The summed E-state index contributed by atoms with van der Waals surface area (Å²) in [5.74, 6) is 2.48. The van der Waals surface area contributed by atoms with Crippen LogP contribution in [0, 0.1) is 23.7 Å². The number of nitrogens with zero attached hydrogens (tertiary/aromatic N) is 2. The summed E-state index contributed by atoms with van der Waals surface area (Å²) in [5.41, 5.74) is 0. The van der Waals surface area contributed by atoms with E-state index < -0.39 is 0 Å². The minimum absolute atomic E-state index is 0.563. The summed E-state index contributed by atoms with van der Waals surface area (Å²) in [4.78, 5) is 27.4. The molecule has 0 aromatic rings. The molecule has 4 heteroatoms. The molecule has 0 radical (unpaired) electrons. The molecular formula is C11H14N2O2. The molecule has 2 fully saturated rings. The van der Waals surface area contributed by atoms with Crippen LogP contribution < -0.4 is 0 Å². The van der Waals surface area contributed by atoms with Crippen LogP contribution in [0.2, 0.25) is 0 Å². The van der Waals surface area contributed by atoms with E-state index >= 15 is 0 Å². The van der Waals surface area contributed by atoms with Gasteiger partial charge in [0.2, 0.25) is 12.2 Å². The summed E-state index contributed by atoms with van der Waals surface area (Å²) in [6, 6.07) is 0. The summed E-state index contributed by atoms with van der Waals surface area (Å²) < 4.78 is 0. The van der Waals surface area contributed by atoms with Crippen molar-refractivity contribution in [1.82, 2.24) is 0 Å². The molecule has 0 spiro atoms. The number of isocyanates is 2. The second-order valence-electron chi connectivity index (χ2n) is 4.61. The van der Waals surface area contributed by atoms with E-state index in [2.05, 4.69) is 9.98 Å². The Morgan fingerprint density at radius 1 is 0.867 bits per heavy atom. The van der Waals surface area contributed by atoms with Crippen LogP contribution in [-0.2, 0) is 9.59 Å². The Morgan fingerprint density at radius 3 is 1.67 bits per heavy atom. The van der Waals surface area contributed by atoms with Gasteiger partial charge in [0.25, 0.3) is 0 Å². The maximum Gasteiger partial charge on any atom is 0.234 e. The second-order valence-corrected chi connectivity index (χ2v) is 4.61. The Kier molecular flexibility index (Phi) is 3.10. The molecule has 0 unspecified atom stereocenters. The van der Waals surface area contributed by atoms with Crippen molar-refractivity contribution in [1.29, 1.82) is 0 Å². The summed E-state index contributed by atoms with van der Waals surface area (Å²) >= 11 is 0. The van der Waals surface area contributed by atoms with Gasteiger partial charge in [0.15, 0.2) is 0 Å². The lowest BCUT2D eigenvalue weighted by atomic mass is 9.82. The third kappa shape index (κ3) is 2.06. The average molecular weight is 206 g/mol. The van der Waals surface area contributed by atoms with Crippen molar-refractivity contribution in [3.05, 3.63) is 0 Å². The van der Waals surface area contributed by atoms with Gasteiger partial charge < -0.3 is 0 Å². The van der Waals surface area contributed by atoms with Gasteiger partial charge in [0.05, 0.1) is 13.1 Å². The quantitative estimate of drug-likeness (QED) is 0.514. The van der Waals surface area contributed by atoms with Crippen LogP contribution in [0.5, 0.6) is 0 Å². The number of hydrogen-bond acceptors (Lipinski definition) is 4. The summed E-state index contributed by atoms with van der Waals surface area (Å²) in [7, 11) is 0. The maximum absolute atomic E-state index is 10.0. The molecule has 15 heavy (non-hydrogen) atoms. The molecule has 2 aliphatic carbocycles. The minimum atomic E-state index is 0.563. The standard InChI is InChI=1S/C11H14N2O2/c14-6-12-4-10-2-8-1-9(10)3-11(8)5-13-7-15/h8-11H,1-5H2/t8-,9+,10-,11-/m0/s1. The van der Waals surface area contributed by atoms with Crippen molar-refractivity contribution in [2.45, 2.75) is 19.3 Å². The van der Waals surface area contributed by atoms with E-state index in [4.69, 9.17) is 0 Å². The van der Waals surface area contributed by atoms with Crippen LogP contribution in [0.4, 0.5) is 0 Å². The maximum atomic E-state index is 10.0. The van der Waals surface area contributed by atoms with Crippen molar-refractivity contribution >= 4 is 12.2 Å². The highest BCUT2D eigenvalue weighted by molar-refractivity contribution is 5.33. The minimum Gasteiger partial charge on any atom is -0.211 e. The van der Waals surface area contributed by atoms with Gasteiger partial charge in [0.1, 0.15) is 0 Å². The average Bonchev–Trinajstić information content (AvgIpc) is 2.82. The molecule has 0 aromatic heterocycles. The first-order valence-electron chi connectivity index (χ1n) is 5.42. The van der Waals surface area contributed by atoms with Crippen LogP contribution >= 0.6 is 0 Å². The zero-order chi connectivity index (χ0) is 10.7. The van der Waals surface area contributed by atoms with Crippen LogP contribution in [0.3, 0.4) is 0 Å². The Balaban J connectivity index is 1.88. The first kappa shape index (κ1) is 10.3. The second kappa shape index (κ2) is 4.52. The smallest absolute Gasteiger partial charge is 0.211 e. The Bertz CT molecular complexity index is 297. The first-order chi connectivity index (χ1) is 7.35. The molecule has 2 aliphatic rings. The molecule has 0 heterocycles. The molecule has 0 N–H and O–H groups in total. The monoisotopic (exact) mass is 206 g/mol. The highest BCUT2D eigenvalue weighted by atomic mass is 16.1. The summed E-state index contributed by atoms with van der Waals surface area (Å²) in [5, 5.41) is 0. The van der Waals surface area contributed by atoms with Gasteiger partial charge in [-0.3, -0.25) is 0 Å². The van der Waals surface area contributed by atoms with E-state index in [0.717, 1.165) is 12.8 Å². The lowest BCUT2D eigenvalue weighted by Crippen LogP contribution is -2.21. The molecule has 4 nitrogen and oxygen atoms in total. The van der Waals surface area contributed by atoms with Crippen molar-refractivity contribution < 1.29 is 9.59 Å². The first-order valence-corrected chi connectivity index (χ1v) is 5.42. The molecule has 0 amide bonds. The fourth-order valence-corrected chi connectivity index (χ4v) is 3.27. The highest BCUT2D eigenvalue weighted by Crippen LogP contribution is 2.51. The number of carbonyl (C=O) groups excluding carboxylic acids is 2. The Hall–Kier alpha value is -1.24. The van der Waals surface area contributed by atoms with Crippen LogP contribution in [0.15, 0.2) is 9.98 Å². The molecule has 2 rings (SSSR count). The Labute approximate surface area is 88.5 Å².